The summed E-state index contributed by atoms with van der Waals surface area (Å²) in [5.41, 5.74) is 0.176. The van der Waals surface area contributed by atoms with Gasteiger partial charge in [0.2, 0.25) is 5.91 Å². The van der Waals surface area contributed by atoms with Crippen LogP contribution in [0.15, 0.2) is 10.5 Å². The second-order valence-electron chi connectivity index (χ2n) is 4.99. The molecule has 1 N–H and O–H groups in total. The molecule has 1 aromatic heterocycles. The number of furan rings is 1. The molecule has 0 saturated carbocycles. The fourth-order valence-electron chi connectivity index (χ4n) is 1.92. The first-order valence-electron chi connectivity index (χ1n) is 6.60. The molecule has 0 aliphatic rings. The molecule has 1 heterocycles. The van der Waals surface area contributed by atoms with E-state index in [1.807, 2.05) is 11.8 Å². The first-order chi connectivity index (χ1) is 9.35. The summed E-state index contributed by atoms with van der Waals surface area (Å²) >= 11 is 0. The van der Waals surface area contributed by atoms with E-state index in [1.54, 1.807) is 25.9 Å². The first-order valence-corrected chi connectivity index (χ1v) is 6.60. The van der Waals surface area contributed by atoms with Crippen LogP contribution >= 0.6 is 0 Å². The van der Waals surface area contributed by atoms with E-state index in [1.165, 1.54) is 6.07 Å². The molecule has 0 saturated heterocycles. The molecular weight excluding hydrogens is 260 g/mol. The lowest BCUT2D eigenvalue weighted by molar-refractivity contribution is -0.130. The summed E-state index contributed by atoms with van der Waals surface area (Å²) in [5, 5.41) is 9.00. The summed E-state index contributed by atoms with van der Waals surface area (Å²) in [7, 11) is 3.43. The highest BCUT2D eigenvalue weighted by Gasteiger charge is 2.17. The Balaban J connectivity index is 2.77. The molecule has 20 heavy (non-hydrogen) atoms. The number of carbonyl (C=O) groups excluding carboxylic acids is 1. The SMILES string of the molecule is CCCN(CC(=O)N(C)C)Cc1cc(C(=O)O)c(C)o1. The lowest BCUT2D eigenvalue weighted by Gasteiger charge is -2.21. The molecule has 112 valence electrons. The summed E-state index contributed by atoms with van der Waals surface area (Å²) in [5.74, 6) is -0.0214. The zero-order valence-corrected chi connectivity index (χ0v) is 12.5. The van der Waals surface area contributed by atoms with Crippen LogP contribution < -0.4 is 0 Å². The molecule has 6 heteroatoms. The summed E-state index contributed by atoms with van der Waals surface area (Å²) < 4.78 is 5.45. The van der Waals surface area contributed by atoms with Gasteiger partial charge in [-0.2, -0.15) is 0 Å². The van der Waals surface area contributed by atoms with Gasteiger partial charge in [-0.1, -0.05) is 6.92 Å². The Labute approximate surface area is 119 Å². The largest absolute Gasteiger partial charge is 0.478 e. The molecule has 1 amide bonds. The number of aryl methyl sites for hydroxylation is 1. The Morgan fingerprint density at radius 2 is 2.00 bits per heavy atom. The molecule has 0 radical (unpaired) electrons. The van der Waals surface area contributed by atoms with Crippen molar-refractivity contribution < 1.29 is 19.1 Å². The van der Waals surface area contributed by atoms with Crippen LogP contribution in [-0.4, -0.2) is 54.0 Å². The van der Waals surface area contributed by atoms with Gasteiger partial charge in [0.25, 0.3) is 0 Å². The molecule has 1 aromatic rings. The van der Waals surface area contributed by atoms with Crippen LogP contribution in [0.5, 0.6) is 0 Å². The topological polar surface area (TPSA) is 74.0 Å². The summed E-state index contributed by atoms with van der Waals surface area (Å²) in [4.78, 5) is 26.2. The zero-order chi connectivity index (χ0) is 15.3. The normalized spacial score (nSPS) is 10.8. The molecule has 0 spiro atoms. The van der Waals surface area contributed by atoms with Gasteiger partial charge in [-0.15, -0.1) is 0 Å². The molecule has 0 fully saturated rings. The highest BCUT2D eigenvalue weighted by atomic mass is 16.4. The van der Waals surface area contributed by atoms with E-state index in [0.717, 1.165) is 13.0 Å². The predicted molar refractivity (Wildman–Crippen MR) is 74.7 cm³/mol. The van der Waals surface area contributed by atoms with E-state index in [2.05, 4.69) is 0 Å². The van der Waals surface area contributed by atoms with Crippen molar-refractivity contribution in [3.8, 4) is 0 Å². The average molecular weight is 282 g/mol. The first kappa shape index (κ1) is 16.2. The van der Waals surface area contributed by atoms with Gasteiger partial charge in [0.1, 0.15) is 17.1 Å². The molecule has 6 nitrogen and oxygen atoms in total. The standard InChI is InChI=1S/C14H22N2O4/c1-5-6-16(9-13(17)15(3)4)8-11-7-12(14(18)19)10(2)20-11/h7H,5-6,8-9H2,1-4H3,(H,18,19). The van der Waals surface area contributed by atoms with Crippen molar-refractivity contribution in [3.63, 3.8) is 0 Å². The van der Waals surface area contributed by atoms with E-state index < -0.39 is 5.97 Å². The van der Waals surface area contributed by atoms with Crippen LogP contribution in [0.25, 0.3) is 0 Å². The lowest BCUT2D eigenvalue weighted by atomic mass is 10.2. The third-order valence-corrected chi connectivity index (χ3v) is 2.98. The third kappa shape index (κ3) is 4.38. The molecule has 0 bridgehead atoms. The Kier molecular flexibility index (Phi) is 5.76. The number of rotatable bonds is 7. The number of hydrogen-bond donors (Lipinski definition) is 1. The molecule has 0 aliphatic heterocycles. The second-order valence-corrected chi connectivity index (χ2v) is 4.99. The fraction of sp³-hybridized carbons (Fsp3) is 0.571. The van der Waals surface area contributed by atoms with Crippen molar-refractivity contribution in [2.24, 2.45) is 0 Å². The van der Waals surface area contributed by atoms with E-state index in [9.17, 15) is 9.59 Å². The van der Waals surface area contributed by atoms with Gasteiger partial charge < -0.3 is 14.4 Å². The van der Waals surface area contributed by atoms with E-state index in [0.29, 0.717) is 24.6 Å². The number of carbonyl (C=O) groups is 2. The predicted octanol–water partition coefficient (Wildman–Crippen LogP) is 1.59. The van der Waals surface area contributed by atoms with Crippen LogP contribution in [0.2, 0.25) is 0 Å². The number of aromatic carboxylic acids is 1. The van der Waals surface area contributed by atoms with Crippen LogP contribution in [-0.2, 0) is 11.3 Å². The quantitative estimate of drug-likeness (QED) is 0.822. The van der Waals surface area contributed by atoms with Crippen LogP contribution in [0.1, 0.15) is 35.2 Å². The molecule has 0 aliphatic carbocycles. The Morgan fingerprint density at radius 1 is 1.35 bits per heavy atom. The fourth-order valence-corrected chi connectivity index (χ4v) is 1.92. The Bertz CT molecular complexity index is 480. The van der Waals surface area contributed by atoms with E-state index in [4.69, 9.17) is 9.52 Å². The Morgan fingerprint density at radius 3 is 2.45 bits per heavy atom. The zero-order valence-electron chi connectivity index (χ0n) is 12.5. The van der Waals surface area contributed by atoms with Gasteiger partial charge in [-0.25, -0.2) is 4.79 Å². The Hall–Kier alpha value is -1.82. The highest BCUT2D eigenvalue weighted by molar-refractivity contribution is 5.88. The van der Waals surface area contributed by atoms with Gasteiger partial charge in [0, 0.05) is 14.1 Å². The smallest absolute Gasteiger partial charge is 0.339 e. The van der Waals surface area contributed by atoms with Gasteiger partial charge in [-0.05, 0) is 26.0 Å². The summed E-state index contributed by atoms with van der Waals surface area (Å²) in [6.07, 6.45) is 0.909. The van der Waals surface area contributed by atoms with Crippen molar-refractivity contribution >= 4 is 11.9 Å². The minimum absolute atomic E-state index is 0.0141. The maximum Gasteiger partial charge on any atom is 0.339 e. The maximum absolute atomic E-state index is 11.8. The van der Waals surface area contributed by atoms with E-state index >= 15 is 0 Å². The van der Waals surface area contributed by atoms with Gasteiger partial charge in [-0.3, -0.25) is 9.69 Å². The maximum atomic E-state index is 11.8. The van der Waals surface area contributed by atoms with Crippen LogP contribution in [0.4, 0.5) is 0 Å². The van der Waals surface area contributed by atoms with Gasteiger partial charge in [0.15, 0.2) is 0 Å². The number of amides is 1. The van der Waals surface area contributed by atoms with Gasteiger partial charge in [0.05, 0.1) is 13.1 Å². The highest BCUT2D eigenvalue weighted by Crippen LogP contribution is 2.16. The van der Waals surface area contributed by atoms with Crippen LogP contribution in [0, 0.1) is 6.92 Å². The number of likely N-dealkylation sites (N-methyl/N-ethyl adjacent to an activating group) is 1. The summed E-state index contributed by atoms with van der Waals surface area (Å²) in [6.45, 7) is 5.14. The van der Waals surface area contributed by atoms with Crippen molar-refractivity contribution in [2.45, 2.75) is 26.8 Å². The van der Waals surface area contributed by atoms with Crippen LogP contribution in [0.3, 0.4) is 0 Å². The third-order valence-electron chi connectivity index (χ3n) is 2.98. The molecule has 0 atom stereocenters. The molecule has 1 rings (SSSR count). The number of nitrogens with zero attached hydrogens (tertiary/aromatic N) is 2. The minimum Gasteiger partial charge on any atom is -0.478 e. The summed E-state index contributed by atoms with van der Waals surface area (Å²) in [6, 6.07) is 1.53. The minimum atomic E-state index is -0.996. The van der Waals surface area contributed by atoms with Crippen molar-refractivity contribution in [1.29, 1.82) is 0 Å². The van der Waals surface area contributed by atoms with Crippen molar-refractivity contribution in [1.82, 2.24) is 9.80 Å². The number of hydrogen-bond acceptors (Lipinski definition) is 4. The lowest BCUT2D eigenvalue weighted by Crippen LogP contribution is -2.36. The van der Waals surface area contributed by atoms with Crippen molar-refractivity contribution in [3.05, 3.63) is 23.2 Å². The van der Waals surface area contributed by atoms with E-state index in [-0.39, 0.29) is 11.5 Å². The second kappa shape index (κ2) is 7.09. The molecular formula is C14H22N2O4. The molecule has 0 unspecified atom stereocenters. The average Bonchev–Trinajstić information content (AvgIpc) is 2.70. The monoisotopic (exact) mass is 282 g/mol. The molecule has 0 aromatic carbocycles. The number of carboxylic acids is 1. The van der Waals surface area contributed by atoms with Gasteiger partial charge >= 0.3 is 5.97 Å². The number of carboxylic acid groups (broad SMARTS) is 1. The van der Waals surface area contributed by atoms with Crippen molar-refractivity contribution in [2.75, 3.05) is 27.2 Å².